The summed E-state index contributed by atoms with van der Waals surface area (Å²) >= 11 is 0. The minimum atomic E-state index is -0.111. The number of aromatic nitrogens is 2. The largest absolute Gasteiger partial charge is 0.345 e. The van der Waals surface area contributed by atoms with Crippen LogP contribution in [0.2, 0.25) is 0 Å². The molecule has 0 spiro atoms. The summed E-state index contributed by atoms with van der Waals surface area (Å²) in [7, 11) is 0. The number of carbonyl (C=O) groups excluding carboxylic acids is 1. The molecular weight excluding hydrogens is 310 g/mol. The van der Waals surface area contributed by atoms with E-state index >= 15 is 0 Å². The molecule has 0 atom stereocenters. The van der Waals surface area contributed by atoms with Crippen LogP contribution in [-0.2, 0) is 6.54 Å². The van der Waals surface area contributed by atoms with E-state index in [1.807, 2.05) is 66.7 Å². The summed E-state index contributed by atoms with van der Waals surface area (Å²) in [5.41, 5.74) is 4.74. The maximum Gasteiger partial charge on any atom is 0.251 e. The number of amides is 1. The second-order valence-electron chi connectivity index (χ2n) is 5.83. The zero-order valence-electron chi connectivity index (χ0n) is 13.6. The summed E-state index contributed by atoms with van der Waals surface area (Å²) in [5, 5.41) is 2.90. The van der Waals surface area contributed by atoms with Gasteiger partial charge >= 0.3 is 0 Å². The summed E-state index contributed by atoms with van der Waals surface area (Å²) in [4.78, 5) is 20.0. The zero-order valence-corrected chi connectivity index (χ0v) is 13.6. The third-order valence-electron chi connectivity index (χ3n) is 4.11. The molecule has 0 aliphatic rings. The minimum absolute atomic E-state index is 0.111. The Morgan fingerprint density at radius 3 is 2.28 bits per heavy atom. The molecule has 4 heteroatoms. The van der Waals surface area contributed by atoms with Crippen LogP contribution in [0.25, 0.3) is 22.2 Å². The zero-order chi connectivity index (χ0) is 17.1. The number of benzene rings is 3. The molecule has 0 unspecified atom stereocenters. The van der Waals surface area contributed by atoms with Gasteiger partial charge < -0.3 is 10.3 Å². The van der Waals surface area contributed by atoms with Crippen LogP contribution in [0.3, 0.4) is 0 Å². The quantitative estimate of drug-likeness (QED) is 0.591. The summed E-state index contributed by atoms with van der Waals surface area (Å²) in [5.74, 6) is 0.635. The van der Waals surface area contributed by atoms with Gasteiger partial charge in [0.25, 0.3) is 5.91 Å². The molecule has 25 heavy (non-hydrogen) atoms. The molecule has 122 valence electrons. The van der Waals surface area contributed by atoms with Crippen molar-refractivity contribution in [1.82, 2.24) is 15.3 Å². The summed E-state index contributed by atoms with van der Waals surface area (Å²) in [6.45, 7) is 0.369. The Hall–Kier alpha value is -3.40. The normalized spacial score (nSPS) is 10.7. The minimum Gasteiger partial charge on any atom is -0.345 e. The molecule has 0 bridgehead atoms. The van der Waals surface area contributed by atoms with E-state index in [1.165, 1.54) is 0 Å². The van der Waals surface area contributed by atoms with E-state index in [-0.39, 0.29) is 5.91 Å². The van der Waals surface area contributed by atoms with Gasteiger partial charge in [-0.1, -0.05) is 54.6 Å². The van der Waals surface area contributed by atoms with Crippen molar-refractivity contribution in [3.05, 3.63) is 90.3 Å². The number of hydrogen-bond acceptors (Lipinski definition) is 2. The standard InChI is InChI=1S/C21H17N3O/c25-21(22-14-20-23-18-8-4-5-9-19(18)24-20)17-12-10-16(11-13-17)15-6-2-1-3-7-15/h1-13H,14H2,(H,22,25)(H,23,24). The van der Waals surface area contributed by atoms with E-state index in [9.17, 15) is 4.79 Å². The van der Waals surface area contributed by atoms with E-state index in [2.05, 4.69) is 27.4 Å². The van der Waals surface area contributed by atoms with Gasteiger partial charge in [-0.3, -0.25) is 4.79 Å². The number of hydrogen-bond donors (Lipinski definition) is 2. The van der Waals surface area contributed by atoms with Crippen LogP contribution in [0, 0.1) is 0 Å². The van der Waals surface area contributed by atoms with Gasteiger partial charge in [0, 0.05) is 5.56 Å². The molecule has 0 saturated heterocycles. The van der Waals surface area contributed by atoms with E-state index in [1.54, 1.807) is 0 Å². The Kier molecular flexibility index (Phi) is 4.01. The van der Waals surface area contributed by atoms with E-state index < -0.39 is 0 Å². The van der Waals surface area contributed by atoms with Crippen molar-refractivity contribution < 1.29 is 4.79 Å². The Morgan fingerprint density at radius 2 is 1.52 bits per heavy atom. The summed E-state index contributed by atoms with van der Waals surface area (Å²) in [6, 6.07) is 25.5. The number of imidazole rings is 1. The average molecular weight is 327 g/mol. The van der Waals surface area contributed by atoms with Gasteiger partial charge in [-0.15, -0.1) is 0 Å². The number of rotatable bonds is 4. The second-order valence-corrected chi connectivity index (χ2v) is 5.83. The van der Waals surface area contributed by atoms with Crippen LogP contribution >= 0.6 is 0 Å². The molecule has 4 rings (SSSR count). The molecule has 1 heterocycles. The van der Waals surface area contributed by atoms with Gasteiger partial charge in [0.2, 0.25) is 0 Å². The number of para-hydroxylation sites is 2. The molecule has 3 aromatic carbocycles. The second kappa shape index (κ2) is 6.61. The highest BCUT2D eigenvalue weighted by Crippen LogP contribution is 2.19. The fourth-order valence-electron chi connectivity index (χ4n) is 2.80. The lowest BCUT2D eigenvalue weighted by Gasteiger charge is -2.05. The topological polar surface area (TPSA) is 57.8 Å². The van der Waals surface area contributed by atoms with Crippen molar-refractivity contribution in [2.24, 2.45) is 0 Å². The molecule has 0 radical (unpaired) electrons. The van der Waals surface area contributed by atoms with Crippen LogP contribution in [0.1, 0.15) is 16.2 Å². The monoisotopic (exact) mass is 327 g/mol. The van der Waals surface area contributed by atoms with Crippen LogP contribution in [-0.4, -0.2) is 15.9 Å². The van der Waals surface area contributed by atoms with Crippen LogP contribution < -0.4 is 5.32 Å². The molecule has 0 fully saturated rings. The SMILES string of the molecule is O=C(NCc1nc2ccccc2[nH]1)c1ccc(-c2ccccc2)cc1. The van der Waals surface area contributed by atoms with Gasteiger partial charge in [0.15, 0.2) is 0 Å². The first-order valence-corrected chi connectivity index (χ1v) is 8.17. The first-order valence-electron chi connectivity index (χ1n) is 8.17. The van der Waals surface area contributed by atoms with Gasteiger partial charge in [-0.25, -0.2) is 4.98 Å². The Balaban J connectivity index is 1.44. The number of H-pyrrole nitrogens is 1. The number of aromatic amines is 1. The summed E-state index contributed by atoms with van der Waals surface area (Å²) in [6.07, 6.45) is 0. The van der Waals surface area contributed by atoms with Gasteiger partial charge in [0.1, 0.15) is 5.82 Å². The van der Waals surface area contributed by atoms with Gasteiger partial charge in [0.05, 0.1) is 17.6 Å². The predicted molar refractivity (Wildman–Crippen MR) is 99.1 cm³/mol. The fraction of sp³-hybridized carbons (Fsp3) is 0.0476. The molecule has 1 amide bonds. The lowest BCUT2D eigenvalue weighted by molar-refractivity contribution is 0.0950. The van der Waals surface area contributed by atoms with Crippen molar-refractivity contribution in [3.8, 4) is 11.1 Å². The molecule has 0 aliphatic heterocycles. The maximum absolute atomic E-state index is 12.3. The van der Waals surface area contributed by atoms with Crippen molar-refractivity contribution >= 4 is 16.9 Å². The van der Waals surface area contributed by atoms with E-state index in [0.717, 1.165) is 28.0 Å². The van der Waals surface area contributed by atoms with Crippen molar-refractivity contribution in [2.45, 2.75) is 6.54 Å². The third kappa shape index (κ3) is 3.28. The van der Waals surface area contributed by atoms with Crippen molar-refractivity contribution in [1.29, 1.82) is 0 Å². The van der Waals surface area contributed by atoms with Crippen LogP contribution in [0.5, 0.6) is 0 Å². The first-order chi connectivity index (χ1) is 12.3. The summed E-state index contributed by atoms with van der Waals surface area (Å²) < 4.78 is 0. The van der Waals surface area contributed by atoms with Crippen LogP contribution in [0.15, 0.2) is 78.9 Å². The highest BCUT2D eigenvalue weighted by molar-refractivity contribution is 5.94. The number of nitrogens with zero attached hydrogens (tertiary/aromatic N) is 1. The molecule has 4 aromatic rings. The Labute approximate surface area is 145 Å². The predicted octanol–water partition coefficient (Wildman–Crippen LogP) is 4.16. The number of carbonyl (C=O) groups is 1. The lowest BCUT2D eigenvalue weighted by Crippen LogP contribution is -2.23. The van der Waals surface area contributed by atoms with Crippen molar-refractivity contribution in [3.63, 3.8) is 0 Å². The van der Waals surface area contributed by atoms with Crippen LogP contribution in [0.4, 0.5) is 0 Å². The maximum atomic E-state index is 12.3. The fourth-order valence-corrected chi connectivity index (χ4v) is 2.80. The van der Waals surface area contributed by atoms with Gasteiger partial charge in [-0.05, 0) is 35.4 Å². The molecule has 0 saturated carbocycles. The Morgan fingerprint density at radius 1 is 0.840 bits per heavy atom. The first kappa shape index (κ1) is 15.1. The van der Waals surface area contributed by atoms with Crippen molar-refractivity contribution in [2.75, 3.05) is 0 Å². The highest BCUT2D eigenvalue weighted by Gasteiger charge is 2.08. The highest BCUT2D eigenvalue weighted by atomic mass is 16.1. The van der Waals surface area contributed by atoms with Gasteiger partial charge in [-0.2, -0.15) is 0 Å². The molecule has 0 aliphatic carbocycles. The average Bonchev–Trinajstić information content (AvgIpc) is 3.10. The number of fused-ring (bicyclic) bond motifs is 1. The lowest BCUT2D eigenvalue weighted by atomic mass is 10.0. The number of nitrogens with one attached hydrogen (secondary N) is 2. The molecule has 2 N–H and O–H groups in total. The van der Waals surface area contributed by atoms with E-state index in [0.29, 0.717) is 12.1 Å². The molecule has 1 aromatic heterocycles. The third-order valence-corrected chi connectivity index (χ3v) is 4.11. The van der Waals surface area contributed by atoms with E-state index in [4.69, 9.17) is 0 Å². The molecule has 4 nitrogen and oxygen atoms in total. The Bertz CT molecular complexity index is 971. The smallest absolute Gasteiger partial charge is 0.251 e. The molecular formula is C21H17N3O.